The van der Waals surface area contributed by atoms with Crippen LogP contribution in [0.5, 0.6) is 0 Å². The lowest BCUT2D eigenvalue weighted by Crippen LogP contribution is -2.22. The molecule has 0 aliphatic carbocycles. The molecule has 2 rings (SSSR count). The molecule has 1 aromatic rings. The van der Waals surface area contributed by atoms with Crippen molar-refractivity contribution in [1.29, 1.82) is 0 Å². The Morgan fingerprint density at radius 3 is 2.89 bits per heavy atom. The zero-order chi connectivity index (χ0) is 13.0. The summed E-state index contributed by atoms with van der Waals surface area (Å²) in [5.41, 5.74) is 0. The first-order valence-corrected chi connectivity index (χ1v) is 7.55. The summed E-state index contributed by atoms with van der Waals surface area (Å²) < 4.78 is 5.40. The van der Waals surface area contributed by atoms with Gasteiger partial charge in [0, 0.05) is 49.1 Å². The number of methoxy groups -OCH3 is 1. The maximum absolute atomic E-state index is 5.40. The highest BCUT2D eigenvalue weighted by atomic mass is 32.1. The summed E-state index contributed by atoms with van der Waals surface area (Å²) in [6.07, 6.45) is 1.61. The second-order valence-electron chi connectivity index (χ2n) is 5.29. The Morgan fingerprint density at radius 1 is 1.44 bits per heavy atom. The lowest BCUT2D eigenvalue weighted by Gasteiger charge is -2.14. The molecule has 0 radical (unpaired) electrons. The number of likely N-dealkylation sites (tertiary alicyclic amines) is 1. The van der Waals surface area contributed by atoms with Crippen molar-refractivity contribution in [2.45, 2.75) is 45.5 Å². The molecule has 0 bridgehead atoms. The minimum absolute atomic E-state index is 0.437. The Bertz CT molecular complexity index is 364. The number of hydrogen-bond donors (Lipinski definition) is 1. The van der Waals surface area contributed by atoms with Crippen LogP contribution in [0.4, 0.5) is 0 Å². The molecule has 3 nitrogen and oxygen atoms in total. The molecule has 1 aromatic heterocycles. The van der Waals surface area contributed by atoms with Crippen molar-refractivity contribution in [3.05, 3.63) is 21.9 Å². The van der Waals surface area contributed by atoms with Gasteiger partial charge in [0.15, 0.2) is 0 Å². The van der Waals surface area contributed by atoms with Crippen LogP contribution in [0.25, 0.3) is 0 Å². The van der Waals surface area contributed by atoms with Gasteiger partial charge in [0.1, 0.15) is 0 Å². The fraction of sp³-hybridized carbons (Fsp3) is 0.714. The van der Waals surface area contributed by atoms with Crippen molar-refractivity contribution < 1.29 is 4.74 Å². The molecule has 1 aliphatic heterocycles. The number of nitrogens with zero attached hydrogens (tertiary/aromatic N) is 1. The van der Waals surface area contributed by atoms with Crippen molar-refractivity contribution in [2.24, 2.45) is 0 Å². The average molecular weight is 268 g/mol. The standard InChI is InChI=1S/C14H24N2OS/c1-11(2)15-8-13-4-5-14(18-13)10-16-7-6-12(9-16)17-3/h4-5,11-12,15H,6-10H2,1-3H3. The Kier molecular flexibility index (Phi) is 5.18. The topological polar surface area (TPSA) is 24.5 Å². The Morgan fingerprint density at radius 2 is 2.22 bits per heavy atom. The largest absolute Gasteiger partial charge is 0.380 e. The van der Waals surface area contributed by atoms with Crippen LogP contribution in [-0.4, -0.2) is 37.2 Å². The third-order valence-corrected chi connectivity index (χ3v) is 4.41. The van der Waals surface area contributed by atoms with Crippen molar-refractivity contribution >= 4 is 11.3 Å². The lowest BCUT2D eigenvalue weighted by atomic mass is 10.3. The van der Waals surface area contributed by atoms with E-state index in [-0.39, 0.29) is 0 Å². The van der Waals surface area contributed by atoms with Gasteiger partial charge >= 0.3 is 0 Å². The number of hydrogen-bond acceptors (Lipinski definition) is 4. The van der Waals surface area contributed by atoms with Gasteiger partial charge in [-0.05, 0) is 18.6 Å². The van der Waals surface area contributed by atoms with Crippen LogP contribution in [0.3, 0.4) is 0 Å². The van der Waals surface area contributed by atoms with Gasteiger partial charge in [0.2, 0.25) is 0 Å². The van der Waals surface area contributed by atoms with E-state index < -0.39 is 0 Å². The molecule has 0 aromatic carbocycles. The van der Waals surface area contributed by atoms with Gasteiger partial charge < -0.3 is 10.1 Å². The summed E-state index contributed by atoms with van der Waals surface area (Å²) in [5.74, 6) is 0. The van der Waals surface area contributed by atoms with Crippen LogP contribution >= 0.6 is 11.3 Å². The van der Waals surface area contributed by atoms with Crippen LogP contribution in [0, 0.1) is 0 Å². The molecular weight excluding hydrogens is 244 g/mol. The molecule has 0 amide bonds. The van der Waals surface area contributed by atoms with Crippen molar-refractivity contribution in [1.82, 2.24) is 10.2 Å². The first kappa shape index (κ1) is 14.0. The van der Waals surface area contributed by atoms with Gasteiger partial charge in [-0.2, -0.15) is 0 Å². The van der Waals surface area contributed by atoms with Crippen LogP contribution in [0.1, 0.15) is 30.0 Å². The summed E-state index contributed by atoms with van der Waals surface area (Å²) >= 11 is 1.93. The highest BCUT2D eigenvalue weighted by Crippen LogP contribution is 2.21. The zero-order valence-electron chi connectivity index (χ0n) is 11.6. The fourth-order valence-corrected chi connectivity index (χ4v) is 3.27. The Balaban J connectivity index is 1.80. The predicted molar refractivity (Wildman–Crippen MR) is 77.0 cm³/mol. The lowest BCUT2D eigenvalue weighted by molar-refractivity contribution is 0.107. The normalized spacial score (nSPS) is 21.0. The molecule has 1 atom stereocenters. The molecule has 102 valence electrons. The minimum atomic E-state index is 0.437. The van der Waals surface area contributed by atoms with Gasteiger partial charge in [0.05, 0.1) is 6.10 Å². The van der Waals surface area contributed by atoms with E-state index in [0.29, 0.717) is 12.1 Å². The monoisotopic (exact) mass is 268 g/mol. The fourth-order valence-electron chi connectivity index (χ4n) is 2.26. The molecule has 1 fully saturated rings. The number of thiophene rings is 1. The van der Waals surface area contributed by atoms with Crippen LogP contribution < -0.4 is 5.32 Å². The quantitative estimate of drug-likeness (QED) is 0.858. The molecule has 2 heterocycles. The maximum atomic E-state index is 5.40. The van der Waals surface area contributed by atoms with Crippen molar-refractivity contribution in [2.75, 3.05) is 20.2 Å². The SMILES string of the molecule is COC1CCN(Cc2ccc(CNC(C)C)s2)C1. The van der Waals surface area contributed by atoms with Gasteiger partial charge in [-0.3, -0.25) is 4.90 Å². The van der Waals surface area contributed by atoms with Crippen LogP contribution in [0.15, 0.2) is 12.1 Å². The summed E-state index contributed by atoms with van der Waals surface area (Å²) in [4.78, 5) is 5.38. The van der Waals surface area contributed by atoms with E-state index in [9.17, 15) is 0 Å². The molecule has 1 unspecified atom stereocenters. The maximum Gasteiger partial charge on any atom is 0.0710 e. The van der Waals surface area contributed by atoms with Gasteiger partial charge in [-0.15, -0.1) is 11.3 Å². The number of nitrogens with one attached hydrogen (secondary N) is 1. The summed E-state index contributed by atoms with van der Waals surface area (Å²) in [5, 5.41) is 3.46. The van der Waals surface area contributed by atoms with E-state index in [1.807, 2.05) is 18.4 Å². The summed E-state index contributed by atoms with van der Waals surface area (Å²) in [7, 11) is 1.81. The Labute approximate surface area is 114 Å². The van der Waals surface area contributed by atoms with Crippen molar-refractivity contribution in [3.8, 4) is 0 Å². The van der Waals surface area contributed by atoms with E-state index in [0.717, 1.165) is 26.2 Å². The van der Waals surface area contributed by atoms with Gasteiger partial charge in [-0.1, -0.05) is 13.8 Å². The molecule has 0 spiro atoms. The van der Waals surface area contributed by atoms with Crippen molar-refractivity contribution in [3.63, 3.8) is 0 Å². The molecular formula is C14H24N2OS. The molecule has 1 N–H and O–H groups in total. The highest BCUT2D eigenvalue weighted by molar-refractivity contribution is 7.11. The molecule has 18 heavy (non-hydrogen) atoms. The van der Waals surface area contributed by atoms with E-state index in [2.05, 4.69) is 36.2 Å². The third-order valence-electron chi connectivity index (χ3n) is 3.34. The first-order chi connectivity index (χ1) is 8.67. The average Bonchev–Trinajstić information content (AvgIpc) is 2.96. The van der Waals surface area contributed by atoms with Crippen LogP contribution in [0.2, 0.25) is 0 Å². The van der Waals surface area contributed by atoms with E-state index >= 15 is 0 Å². The molecule has 0 saturated carbocycles. The molecule has 4 heteroatoms. The van der Waals surface area contributed by atoms with E-state index in [1.165, 1.54) is 16.2 Å². The summed E-state index contributed by atoms with van der Waals surface area (Å²) in [6.45, 7) is 8.67. The molecule has 1 aliphatic rings. The van der Waals surface area contributed by atoms with Gasteiger partial charge in [0.25, 0.3) is 0 Å². The zero-order valence-corrected chi connectivity index (χ0v) is 12.4. The summed E-state index contributed by atoms with van der Waals surface area (Å²) in [6, 6.07) is 5.07. The number of ether oxygens (including phenoxy) is 1. The predicted octanol–water partition coefficient (Wildman–Crippen LogP) is 2.47. The van der Waals surface area contributed by atoms with E-state index in [4.69, 9.17) is 4.74 Å². The second-order valence-corrected chi connectivity index (χ2v) is 6.54. The third kappa shape index (κ3) is 4.05. The minimum Gasteiger partial charge on any atom is -0.380 e. The number of rotatable bonds is 6. The highest BCUT2D eigenvalue weighted by Gasteiger charge is 2.22. The van der Waals surface area contributed by atoms with E-state index in [1.54, 1.807) is 0 Å². The first-order valence-electron chi connectivity index (χ1n) is 6.73. The second kappa shape index (κ2) is 6.66. The van der Waals surface area contributed by atoms with Gasteiger partial charge in [-0.25, -0.2) is 0 Å². The smallest absolute Gasteiger partial charge is 0.0710 e. The van der Waals surface area contributed by atoms with Crippen LogP contribution in [-0.2, 0) is 17.8 Å². The Hall–Kier alpha value is -0.420. The molecule has 1 saturated heterocycles.